The minimum absolute atomic E-state index is 0.0896. The molecule has 4 nitrogen and oxygen atoms in total. The van der Waals surface area contributed by atoms with Gasteiger partial charge in [0.25, 0.3) is 0 Å². The van der Waals surface area contributed by atoms with Gasteiger partial charge in [-0.2, -0.15) is 0 Å². The van der Waals surface area contributed by atoms with E-state index >= 15 is 0 Å². The molecule has 0 aliphatic rings. The number of rotatable bonds is 8. The van der Waals surface area contributed by atoms with Crippen LogP contribution in [0.4, 0.5) is 0 Å². The summed E-state index contributed by atoms with van der Waals surface area (Å²) in [6.45, 7) is 12.3. The van der Waals surface area contributed by atoms with Crippen molar-refractivity contribution >= 4 is 5.97 Å². The fourth-order valence-electron chi connectivity index (χ4n) is 3.03. The Morgan fingerprint density at radius 1 is 1.23 bits per heavy atom. The van der Waals surface area contributed by atoms with Crippen LogP contribution in [-0.4, -0.2) is 23.0 Å². The molecule has 0 radical (unpaired) electrons. The number of esters is 1. The van der Waals surface area contributed by atoms with E-state index in [2.05, 4.69) is 30.5 Å². The van der Waals surface area contributed by atoms with Gasteiger partial charge in [-0.15, -0.1) is 6.58 Å². The van der Waals surface area contributed by atoms with Crippen LogP contribution in [0.1, 0.15) is 57.5 Å². The third-order valence-electron chi connectivity index (χ3n) is 4.17. The molecule has 26 heavy (non-hydrogen) atoms. The van der Waals surface area contributed by atoms with Gasteiger partial charge in [-0.05, 0) is 45.4 Å². The first-order valence-electron chi connectivity index (χ1n) is 8.98. The van der Waals surface area contributed by atoms with E-state index in [-0.39, 0.29) is 24.5 Å². The molecule has 0 aliphatic carbocycles. The number of carbonyl (C=O) groups is 1. The Morgan fingerprint density at radius 3 is 2.46 bits per heavy atom. The molecule has 0 N–H and O–H groups in total. The highest BCUT2D eigenvalue weighted by molar-refractivity contribution is 5.70. The number of nitrogens with zero attached hydrogens (tertiary/aromatic N) is 1. The van der Waals surface area contributed by atoms with Crippen molar-refractivity contribution in [2.75, 3.05) is 6.54 Å². The third-order valence-corrected chi connectivity index (χ3v) is 4.17. The van der Waals surface area contributed by atoms with Gasteiger partial charge in [0.15, 0.2) is 0 Å². The summed E-state index contributed by atoms with van der Waals surface area (Å²) in [5.74, 6) is 0.508. The molecule has 0 aliphatic heterocycles. The Kier molecular flexibility index (Phi) is 6.81. The molecule has 0 bridgehead atoms. The van der Waals surface area contributed by atoms with Gasteiger partial charge in [-0.3, -0.25) is 9.69 Å². The lowest BCUT2D eigenvalue weighted by molar-refractivity contribution is -0.156. The summed E-state index contributed by atoms with van der Waals surface area (Å²) >= 11 is 0. The van der Waals surface area contributed by atoms with Gasteiger partial charge < -0.3 is 9.15 Å². The highest BCUT2D eigenvalue weighted by atomic mass is 16.6. The molecule has 0 saturated carbocycles. The molecule has 2 aromatic rings. The minimum Gasteiger partial charge on any atom is -0.468 e. The molecule has 1 heterocycles. The molecule has 140 valence electrons. The van der Waals surface area contributed by atoms with Crippen molar-refractivity contribution in [1.82, 2.24) is 4.90 Å². The largest absolute Gasteiger partial charge is 0.468 e. The van der Waals surface area contributed by atoms with Crippen LogP contribution >= 0.6 is 0 Å². The first-order valence-corrected chi connectivity index (χ1v) is 8.98. The molecule has 0 spiro atoms. The van der Waals surface area contributed by atoms with E-state index < -0.39 is 5.60 Å². The molecule has 1 aromatic heterocycles. The molecule has 4 heteroatoms. The second-order valence-electron chi connectivity index (χ2n) is 7.39. The average Bonchev–Trinajstić information content (AvgIpc) is 3.11. The predicted octanol–water partition coefficient (Wildman–Crippen LogP) is 5.30. The van der Waals surface area contributed by atoms with Crippen molar-refractivity contribution in [3.05, 3.63) is 72.7 Å². The summed E-state index contributed by atoms with van der Waals surface area (Å²) in [6, 6.07) is 13.8. The summed E-state index contributed by atoms with van der Waals surface area (Å²) < 4.78 is 11.2. The lowest BCUT2D eigenvalue weighted by Gasteiger charge is -2.35. The smallest absolute Gasteiger partial charge is 0.308 e. The maximum absolute atomic E-state index is 12.5. The topological polar surface area (TPSA) is 42.7 Å². The molecule has 2 rings (SSSR count). The fourth-order valence-corrected chi connectivity index (χ4v) is 3.03. The van der Waals surface area contributed by atoms with Crippen molar-refractivity contribution in [3.63, 3.8) is 0 Å². The van der Waals surface area contributed by atoms with Gasteiger partial charge in [-0.25, -0.2) is 0 Å². The molecular formula is C22H29NO3. The van der Waals surface area contributed by atoms with Gasteiger partial charge in [-0.1, -0.05) is 36.4 Å². The number of furan rings is 1. The van der Waals surface area contributed by atoms with Crippen LogP contribution in [0.25, 0.3) is 0 Å². The van der Waals surface area contributed by atoms with Crippen LogP contribution in [0.3, 0.4) is 0 Å². The second kappa shape index (κ2) is 8.86. The number of hydrogen-bond acceptors (Lipinski definition) is 4. The quantitative estimate of drug-likeness (QED) is 0.476. The third kappa shape index (κ3) is 5.60. The van der Waals surface area contributed by atoms with E-state index in [1.165, 1.54) is 5.56 Å². The molecule has 1 aromatic carbocycles. The SMILES string of the molecule is C=CCN([C@H](CC(=O)OC(C)(C)C)c1ccco1)[C@@H](C)c1ccccc1. The second-order valence-corrected chi connectivity index (χ2v) is 7.39. The van der Waals surface area contributed by atoms with Crippen molar-refractivity contribution in [2.45, 2.75) is 51.8 Å². The summed E-state index contributed by atoms with van der Waals surface area (Å²) in [6.07, 6.45) is 3.71. The number of carbonyl (C=O) groups excluding carboxylic acids is 1. The standard InChI is InChI=1S/C22H29NO3/c1-6-14-23(17(2)18-11-8-7-9-12-18)19(20-13-10-15-25-20)16-21(24)26-22(3,4)5/h6-13,15,17,19H,1,14,16H2,2-5H3/t17-,19+/m0/s1. The van der Waals surface area contributed by atoms with Crippen molar-refractivity contribution in [3.8, 4) is 0 Å². The zero-order valence-electron chi connectivity index (χ0n) is 16.1. The maximum Gasteiger partial charge on any atom is 0.308 e. The molecule has 0 unspecified atom stereocenters. The summed E-state index contributed by atoms with van der Waals surface area (Å²) in [4.78, 5) is 14.7. The predicted molar refractivity (Wildman–Crippen MR) is 104 cm³/mol. The summed E-state index contributed by atoms with van der Waals surface area (Å²) in [7, 11) is 0. The van der Waals surface area contributed by atoms with Gasteiger partial charge in [0.1, 0.15) is 11.4 Å². The zero-order valence-corrected chi connectivity index (χ0v) is 16.1. The zero-order chi connectivity index (χ0) is 19.2. The van der Waals surface area contributed by atoms with Crippen LogP contribution in [0, 0.1) is 0 Å². The van der Waals surface area contributed by atoms with Crippen molar-refractivity contribution < 1.29 is 13.9 Å². The Labute approximate surface area is 156 Å². The molecular weight excluding hydrogens is 326 g/mol. The Bertz CT molecular complexity index is 686. The molecule has 0 amide bonds. The highest BCUT2D eigenvalue weighted by Crippen LogP contribution is 2.33. The van der Waals surface area contributed by atoms with Crippen LogP contribution in [0.2, 0.25) is 0 Å². The van der Waals surface area contributed by atoms with Crippen molar-refractivity contribution in [2.24, 2.45) is 0 Å². The lowest BCUT2D eigenvalue weighted by Crippen LogP contribution is -2.34. The first-order chi connectivity index (χ1) is 12.3. The Balaban J connectivity index is 2.31. The van der Waals surface area contributed by atoms with E-state index in [0.29, 0.717) is 6.54 Å². The number of ether oxygens (including phenoxy) is 1. The highest BCUT2D eigenvalue weighted by Gasteiger charge is 2.31. The lowest BCUT2D eigenvalue weighted by atomic mass is 10.0. The Morgan fingerprint density at radius 2 is 1.92 bits per heavy atom. The fraction of sp³-hybridized carbons (Fsp3) is 0.409. The summed E-state index contributed by atoms with van der Waals surface area (Å²) in [5, 5.41) is 0. The molecule has 0 saturated heterocycles. The minimum atomic E-state index is -0.515. The van der Waals surface area contributed by atoms with Crippen molar-refractivity contribution in [1.29, 1.82) is 0 Å². The van der Waals surface area contributed by atoms with E-state index in [4.69, 9.17) is 9.15 Å². The monoisotopic (exact) mass is 355 g/mol. The molecule has 2 atom stereocenters. The van der Waals surface area contributed by atoms with Gasteiger partial charge in [0, 0.05) is 12.6 Å². The van der Waals surface area contributed by atoms with Crippen LogP contribution in [0.15, 0.2) is 65.8 Å². The van der Waals surface area contributed by atoms with Gasteiger partial charge in [0.2, 0.25) is 0 Å². The number of benzene rings is 1. The normalized spacial score (nSPS) is 14.0. The molecule has 0 fully saturated rings. The van der Waals surface area contributed by atoms with Gasteiger partial charge >= 0.3 is 5.97 Å². The number of hydrogen-bond donors (Lipinski definition) is 0. The van der Waals surface area contributed by atoms with E-state index in [9.17, 15) is 4.79 Å². The van der Waals surface area contributed by atoms with Crippen LogP contribution in [0.5, 0.6) is 0 Å². The van der Waals surface area contributed by atoms with Gasteiger partial charge in [0.05, 0.1) is 18.7 Å². The average molecular weight is 355 g/mol. The van der Waals surface area contributed by atoms with E-state index in [1.807, 2.05) is 57.2 Å². The maximum atomic E-state index is 12.5. The van der Waals surface area contributed by atoms with E-state index in [1.54, 1.807) is 6.26 Å². The summed E-state index contributed by atoms with van der Waals surface area (Å²) in [5.41, 5.74) is 0.661. The van der Waals surface area contributed by atoms with Crippen LogP contribution < -0.4 is 0 Å². The van der Waals surface area contributed by atoms with E-state index in [0.717, 1.165) is 5.76 Å². The first kappa shape index (κ1) is 20.0. The Hall–Kier alpha value is -2.33. The van der Waals surface area contributed by atoms with Crippen LogP contribution in [-0.2, 0) is 9.53 Å².